The maximum Gasteiger partial charge on any atom is 0.191 e. The lowest BCUT2D eigenvalue weighted by Crippen LogP contribution is -2.42. The fraction of sp³-hybridized carbons (Fsp3) is 0.462. The largest absolute Gasteiger partial charge is 0.355 e. The molecule has 0 bridgehead atoms. The predicted molar refractivity (Wildman–Crippen MR) is 85.8 cm³/mol. The highest BCUT2D eigenvalue weighted by Gasteiger charge is 2.14. The van der Waals surface area contributed by atoms with Crippen LogP contribution >= 0.6 is 15.9 Å². The Balaban J connectivity index is 2.58. The molecule has 0 heterocycles. The number of aliphatic imine (C=N–C) groups is 1. The molecule has 0 aliphatic heterocycles. The molecule has 0 aliphatic carbocycles. The van der Waals surface area contributed by atoms with Crippen LogP contribution < -0.4 is 10.6 Å². The second-order valence-electron chi connectivity index (χ2n) is 4.57. The molecule has 20 heavy (non-hydrogen) atoms. The Morgan fingerprint density at radius 2 is 1.90 bits per heavy atom. The fourth-order valence-corrected chi connectivity index (χ4v) is 2.95. The summed E-state index contributed by atoms with van der Waals surface area (Å²) in [5, 5.41) is 6.09. The number of nitrogens with one attached hydrogen (secondary N) is 2. The first kappa shape index (κ1) is 17.0. The van der Waals surface area contributed by atoms with E-state index < -0.39 is 9.84 Å². The Morgan fingerprint density at radius 3 is 2.40 bits per heavy atom. The van der Waals surface area contributed by atoms with Gasteiger partial charge in [-0.15, -0.1) is 0 Å². The number of rotatable bonds is 5. The summed E-state index contributed by atoms with van der Waals surface area (Å²) in [7, 11) is -1.62. The molecular formula is C13H20BrN3O2S. The van der Waals surface area contributed by atoms with Crippen molar-refractivity contribution < 1.29 is 8.42 Å². The van der Waals surface area contributed by atoms with Gasteiger partial charge in [0.15, 0.2) is 15.8 Å². The highest BCUT2D eigenvalue weighted by atomic mass is 79.9. The molecule has 0 saturated carbocycles. The Labute approximate surface area is 128 Å². The Hall–Kier alpha value is -1.08. The summed E-state index contributed by atoms with van der Waals surface area (Å²) < 4.78 is 25.1. The van der Waals surface area contributed by atoms with Gasteiger partial charge < -0.3 is 10.6 Å². The molecule has 5 nitrogen and oxygen atoms in total. The summed E-state index contributed by atoms with van der Waals surface area (Å²) in [6.07, 6.45) is 0. The van der Waals surface area contributed by atoms with E-state index in [1.165, 1.54) is 0 Å². The van der Waals surface area contributed by atoms with E-state index in [0.29, 0.717) is 17.4 Å². The molecule has 2 N–H and O–H groups in total. The summed E-state index contributed by atoms with van der Waals surface area (Å²) in [6.45, 7) is 4.29. The average molecular weight is 362 g/mol. The number of benzene rings is 1. The molecule has 0 spiro atoms. The molecule has 112 valence electrons. The Kier molecular flexibility index (Phi) is 6.48. The predicted octanol–water partition coefficient (Wildman–Crippen LogP) is 1.80. The minimum atomic E-state index is -3.28. The van der Waals surface area contributed by atoms with Crippen LogP contribution in [0.5, 0.6) is 0 Å². The molecule has 0 aromatic heterocycles. The van der Waals surface area contributed by atoms with Crippen molar-refractivity contribution in [1.82, 2.24) is 10.6 Å². The monoisotopic (exact) mass is 361 g/mol. The summed E-state index contributed by atoms with van der Waals surface area (Å²) in [4.78, 5) is 4.35. The van der Waals surface area contributed by atoms with Crippen LogP contribution in [-0.2, 0) is 9.84 Å². The molecule has 1 aromatic rings. The van der Waals surface area contributed by atoms with Crippen LogP contribution in [-0.4, -0.2) is 39.8 Å². The quantitative estimate of drug-likeness (QED) is 0.619. The first-order valence-electron chi connectivity index (χ1n) is 6.30. The highest BCUT2D eigenvalue weighted by molar-refractivity contribution is 9.10. The van der Waals surface area contributed by atoms with Gasteiger partial charge in [-0.2, -0.15) is 0 Å². The minimum absolute atomic E-state index is 0.0213. The molecule has 1 rings (SSSR count). The number of hydrogen-bond donors (Lipinski definition) is 2. The van der Waals surface area contributed by atoms with Gasteiger partial charge in [0.2, 0.25) is 0 Å². The molecule has 0 amide bonds. The molecular weight excluding hydrogens is 342 g/mol. The van der Waals surface area contributed by atoms with E-state index in [0.717, 1.165) is 4.47 Å². The van der Waals surface area contributed by atoms with E-state index >= 15 is 0 Å². The van der Waals surface area contributed by atoms with Crippen molar-refractivity contribution in [3.8, 4) is 0 Å². The van der Waals surface area contributed by atoms with E-state index in [-0.39, 0.29) is 11.8 Å². The third kappa shape index (κ3) is 5.50. The molecule has 0 atom stereocenters. The lowest BCUT2D eigenvalue weighted by atomic mass is 10.4. The van der Waals surface area contributed by atoms with Crippen LogP contribution in [0.15, 0.2) is 38.6 Å². The van der Waals surface area contributed by atoms with Crippen molar-refractivity contribution in [2.75, 3.05) is 19.3 Å². The minimum Gasteiger partial charge on any atom is -0.355 e. The zero-order valence-electron chi connectivity index (χ0n) is 11.9. The third-order valence-corrected chi connectivity index (χ3v) is 4.75. The van der Waals surface area contributed by atoms with E-state index in [2.05, 4.69) is 31.6 Å². The van der Waals surface area contributed by atoms with E-state index in [9.17, 15) is 8.42 Å². The third-order valence-electron chi connectivity index (χ3n) is 2.48. The Morgan fingerprint density at radius 1 is 1.30 bits per heavy atom. The molecule has 7 heteroatoms. The molecule has 0 fully saturated rings. The fourth-order valence-electron chi connectivity index (χ4n) is 1.53. The smallest absolute Gasteiger partial charge is 0.191 e. The van der Waals surface area contributed by atoms with Gasteiger partial charge in [0, 0.05) is 24.1 Å². The maximum atomic E-state index is 12.1. The van der Waals surface area contributed by atoms with Crippen LogP contribution in [0, 0.1) is 0 Å². The van der Waals surface area contributed by atoms with Crippen molar-refractivity contribution >= 4 is 31.7 Å². The summed E-state index contributed by atoms with van der Waals surface area (Å²) in [5.41, 5.74) is 0. The van der Waals surface area contributed by atoms with Crippen molar-refractivity contribution in [3.05, 3.63) is 28.7 Å². The summed E-state index contributed by atoms with van der Waals surface area (Å²) >= 11 is 3.28. The highest BCUT2D eigenvalue weighted by Crippen LogP contribution is 2.15. The van der Waals surface area contributed by atoms with Gasteiger partial charge in [0.25, 0.3) is 0 Å². The molecule has 1 aromatic carbocycles. The van der Waals surface area contributed by atoms with Gasteiger partial charge in [0.1, 0.15) is 0 Å². The van der Waals surface area contributed by atoms with Gasteiger partial charge >= 0.3 is 0 Å². The topological polar surface area (TPSA) is 70.6 Å². The first-order valence-corrected chi connectivity index (χ1v) is 8.75. The molecule has 0 saturated heterocycles. The zero-order valence-corrected chi connectivity index (χ0v) is 14.3. The lowest BCUT2D eigenvalue weighted by molar-refractivity contribution is 0.594. The van der Waals surface area contributed by atoms with Crippen LogP contribution in [0.2, 0.25) is 0 Å². The SMILES string of the molecule is CN=C(NCCS(=O)(=O)c1ccc(Br)cc1)NC(C)C. The second kappa shape index (κ2) is 7.64. The Bertz CT molecular complexity index is 553. The van der Waals surface area contributed by atoms with Gasteiger partial charge in [-0.1, -0.05) is 15.9 Å². The second-order valence-corrected chi connectivity index (χ2v) is 7.60. The normalized spacial score (nSPS) is 12.6. The van der Waals surface area contributed by atoms with Crippen molar-refractivity contribution in [2.24, 2.45) is 4.99 Å². The molecule has 0 radical (unpaired) electrons. The van der Waals surface area contributed by atoms with Crippen LogP contribution in [0.4, 0.5) is 0 Å². The van der Waals surface area contributed by atoms with Crippen molar-refractivity contribution in [2.45, 2.75) is 24.8 Å². The lowest BCUT2D eigenvalue weighted by Gasteiger charge is -2.14. The van der Waals surface area contributed by atoms with Crippen LogP contribution in [0.3, 0.4) is 0 Å². The zero-order chi connectivity index (χ0) is 15.2. The number of sulfone groups is 1. The van der Waals surface area contributed by atoms with Gasteiger partial charge in [-0.3, -0.25) is 4.99 Å². The number of nitrogens with zero attached hydrogens (tertiary/aromatic N) is 1. The van der Waals surface area contributed by atoms with Crippen LogP contribution in [0.25, 0.3) is 0 Å². The first-order chi connectivity index (χ1) is 9.35. The van der Waals surface area contributed by atoms with Crippen molar-refractivity contribution in [1.29, 1.82) is 0 Å². The van der Waals surface area contributed by atoms with Gasteiger partial charge in [-0.25, -0.2) is 8.42 Å². The van der Waals surface area contributed by atoms with Crippen LogP contribution in [0.1, 0.15) is 13.8 Å². The molecule has 0 aliphatic rings. The van der Waals surface area contributed by atoms with E-state index in [1.54, 1.807) is 31.3 Å². The van der Waals surface area contributed by atoms with E-state index in [1.807, 2.05) is 13.8 Å². The summed E-state index contributed by atoms with van der Waals surface area (Å²) in [5.74, 6) is 0.624. The number of hydrogen-bond acceptors (Lipinski definition) is 3. The summed E-state index contributed by atoms with van der Waals surface area (Å²) in [6, 6.07) is 6.88. The standard InChI is InChI=1S/C13H20BrN3O2S/c1-10(2)17-13(15-3)16-8-9-20(18,19)12-6-4-11(14)5-7-12/h4-7,10H,8-9H2,1-3H3,(H2,15,16,17). The van der Waals surface area contributed by atoms with E-state index in [4.69, 9.17) is 0 Å². The number of guanidine groups is 1. The van der Waals surface area contributed by atoms with Gasteiger partial charge in [-0.05, 0) is 38.1 Å². The number of halogens is 1. The maximum absolute atomic E-state index is 12.1. The molecule has 0 unspecified atom stereocenters. The average Bonchev–Trinajstić information content (AvgIpc) is 2.37. The van der Waals surface area contributed by atoms with Crippen molar-refractivity contribution in [3.63, 3.8) is 0 Å². The van der Waals surface area contributed by atoms with Gasteiger partial charge in [0.05, 0.1) is 10.6 Å².